The number of hydrogen-bond donors (Lipinski definition) is 1. The van der Waals surface area contributed by atoms with Crippen LogP contribution in [0.4, 0.5) is 5.13 Å². The van der Waals surface area contributed by atoms with Crippen molar-refractivity contribution in [3.05, 3.63) is 23.9 Å². The highest BCUT2D eigenvalue weighted by Gasteiger charge is 2.10. The Morgan fingerprint density at radius 2 is 2.19 bits per heavy atom. The van der Waals surface area contributed by atoms with Gasteiger partial charge in [0, 0.05) is 26.3 Å². The second-order valence-corrected chi connectivity index (χ2v) is 7.17. The van der Waals surface area contributed by atoms with E-state index in [1.54, 1.807) is 23.1 Å². The van der Waals surface area contributed by atoms with E-state index in [2.05, 4.69) is 46.5 Å². The summed E-state index contributed by atoms with van der Waals surface area (Å²) in [6.45, 7) is 5.37. The van der Waals surface area contributed by atoms with E-state index in [0.717, 1.165) is 27.5 Å². The van der Waals surface area contributed by atoms with E-state index in [1.807, 2.05) is 25.2 Å². The quantitative estimate of drug-likeness (QED) is 0.844. The van der Waals surface area contributed by atoms with Crippen LogP contribution in [0.3, 0.4) is 0 Å². The molecule has 0 aromatic carbocycles. The molecule has 2 aromatic rings. The van der Waals surface area contributed by atoms with Gasteiger partial charge in [-0.2, -0.15) is 0 Å². The van der Waals surface area contributed by atoms with E-state index in [9.17, 15) is 0 Å². The van der Waals surface area contributed by atoms with Crippen LogP contribution in [0.5, 0.6) is 0 Å². The molecular formula is C14H21N5S2. The van der Waals surface area contributed by atoms with Crippen molar-refractivity contribution in [3.8, 4) is 0 Å². The molecule has 0 fully saturated rings. The van der Waals surface area contributed by atoms with E-state index in [4.69, 9.17) is 0 Å². The summed E-state index contributed by atoms with van der Waals surface area (Å²) in [5.74, 6) is 0. The molecule has 0 bridgehead atoms. The van der Waals surface area contributed by atoms with Gasteiger partial charge in [-0.15, -0.1) is 10.2 Å². The Balaban J connectivity index is 2.06. The van der Waals surface area contributed by atoms with Gasteiger partial charge in [-0.3, -0.25) is 0 Å². The van der Waals surface area contributed by atoms with Gasteiger partial charge in [-0.05, 0) is 49.3 Å². The number of nitrogens with zero attached hydrogens (tertiary/aromatic N) is 4. The Morgan fingerprint density at radius 1 is 1.38 bits per heavy atom. The molecule has 2 rings (SSSR count). The molecule has 21 heavy (non-hydrogen) atoms. The molecule has 7 heteroatoms. The molecule has 5 nitrogen and oxygen atoms in total. The fraction of sp³-hybridized carbons (Fsp3) is 0.500. The van der Waals surface area contributed by atoms with E-state index in [0.29, 0.717) is 6.04 Å². The van der Waals surface area contributed by atoms with Gasteiger partial charge in [0.1, 0.15) is 5.03 Å². The third-order valence-electron chi connectivity index (χ3n) is 2.93. The lowest BCUT2D eigenvalue weighted by Gasteiger charge is -2.13. The van der Waals surface area contributed by atoms with Gasteiger partial charge in [0.25, 0.3) is 0 Å². The summed E-state index contributed by atoms with van der Waals surface area (Å²) in [6.07, 6.45) is 2.99. The Kier molecular flexibility index (Phi) is 5.96. The third kappa shape index (κ3) is 4.66. The molecule has 0 amide bonds. The molecule has 0 aliphatic rings. The van der Waals surface area contributed by atoms with Gasteiger partial charge in [-0.25, -0.2) is 4.98 Å². The van der Waals surface area contributed by atoms with Crippen LogP contribution in [0.1, 0.15) is 31.9 Å². The van der Waals surface area contributed by atoms with Gasteiger partial charge in [0.05, 0.1) is 0 Å². The number of nitrogens with one attached hydrogen (secondary N) is 1. The minimum atomic E-state index is 0.332. The van der Waals surface area contributed by atoms with Crippen molar-refractivity contribution < 1.29 is 0 Å². The largest absolute Gasteiger partial charge is 0.353 e. The van der Waals surface area contributed by atoms with E-state index in [1.165, 1.54) is 5.56 Å². The van der Waals surface area contributed by atoms with Gasteiger partial charge in [-0.1, -0.05) is 18.3 Å². The number of aromatic nitrogens is 3. The van der Waals surface area contributed by atoms with Crippen molar-refractivity contribution in [2.75, 3.05) is 25.5 Å². The summed E-state index contributed by atoms with van der Waals surface area (Å²) in [4.78, 5) is 6.37. The summed E-state index contributed by atoms with van der Waals surface area (Å²) >= 11 is 3.14. The molecule has 0 spiro atoms. The van der Waals surface area contributed by atoms with Crippen molar-refractivity contribution in [1.82, 2.24) is 20.5 Å². The Bertz CT molecular complexity index is 570. The van der Waals surface area contributed by atoms with Crippen molar-refractivity contribution in [3.63, 3.8) is 0 Å². The number of rotatable bonds is 7. The normalized spacial score (nSPS) is 12.4. The summed E-state index contributed by atoms with van der Waals surface area (Å²) in [6, 6.07) is 4.51. The van der Waals surface area contributed by atoms with Gasteiger partial charge in [0.2, 0.25) is 5.13 Å². The lowest BCUT2D eigenvalue weighted by molar-refractivity contribution is 0.569. The fourth-order valence-electron chi connectivity index (χ4n) is 1.74. The first-order chi connectivity index (χ1) is 10.1. The van der Waals surface area contributed by atoms with Crippen molar-refractivity contribution in [2.24, 2.45) is 0 Å². The van der Waals surface area contributed by atoms with Gasteiger partial charge < -0.3 is 10.2 Å². The third-order valence-corrected chi connectivity index (χ3v) is 5.00. The van der Waals surface area contributed by atoms with Crippen molar-refractivity contribution >= 4 is 28.2 Å². The summed E-state index contributed by atoms with van der Waals surface area (Å²) in [5, 5.41) is 13.7. The maximum Gasteiger partial charge on any atom is 0.208 e. The molecular weight excluding hydrogens is 302 g/mol. The van der Waals surface area contributed by atoms with Crippen LogP contribution < -0.4 is 10.2 Å². The number of anilines is 1. The van der Waals surface area contributed by atoms with Crippen LogP contribution in [-0.4, -0.2) is 35.8 Å². The summed E-state index contributed by atoms with van der Waals surface area (Å²) in [5.41, 5.74) is 1.25. The van der Waals surface area contributed by atoms with Crippen LogP contribution in [0, 0.1) is 0 Å². The highest BCUT2D eigenvalue weighted by molar-refractivity contribution is 8.01. The maximum absolute atomic E-state index is 4.41. The average molecular weight is 323 g/mol. The average Bonchev–Trinajstić information content (AvgIpc) is 2.94. The first-order valence-electron chi connectivity index (χ1n) is 6.98. The molecule has 2 heterocycles. The molecule has 0 saturated heterocycles. The Hall–Kier alpha value is -1.18. The smallest absolute Gasteiger partial charge is 0.208 e. The highest BCUT2D eigenvalue weighted by Crippen LogP contribution is 2.32. The molecule has 0 radical (unpaired) electrons. The molecule has 1 atom stereocenters. The molecule has 1 unspecified atom stereocenters. The first-order valence-corrected chi connectivity index (χ1v) is 8.61. The molecule has 0 saturated carbocycles. The molecule has 1 N–H and O–H groups in total. The number of hydrogen-bond acceptors (Lipinski definition) is 7. The predicted molar refractivity (Wildman–Crippen MR) is 89.3 cm³/mol. The van der Waals surface area contributed by atoms with Gasteiger partial charge >= 0.3 is 0 Å². The highest BCUT2D eigenvalue weighted by atomic mass is 32.2. The lowest BCUT2D eigenvalue weighted by Crippen LogP contribution is -2.19. The standard InChI is InChI=1S/C14H21N5S2/c1-5-7-15-10(2)11-6-8-16-12(9-11)20-14-18-17-13(21-14)19(3)4/h6,8-10,15H,5,7H2,1-4H3. The summed E-state index contributed by atoms with van der Waals surface area (Å²) < 4.78 is 0.914. The SMILES string of the molecule is CCCNC(C)c1ccnc(Sc2nnc(N(C)C)s2)c1. The molecule has 0 aliphatic carbocycles. The zero-order valence-electron chi connectivity index (χ0n) is 12.8. The van der Waals surface area contributed by atoms with Crippen LogP contribution in [0.2, 0.25) is 0 Å². The number of pyridine rings is 1. The Morgan fingerprint density at radius 3 is 2.86 bits per heavy atom. The molecule has 114 valence electrons. The topological polar surface area (TPSA) is 53.9 Å². The second kappa shape index (κ2) is 7.72. The van der Waals surface area contributed by atoms with Crippen molar-refractivity contribution in [2.45, 2.75) is 35.7 Å². The van der Waals surface area contributed by atoms with Crippen LogP contribution in [0.15, 0.2) is 27.7 Å². The van der Waals surface area contributed by atoms with Crippen molar-refractivity contribution in [1.29, 1.82) is 0 Å². The zero-order valence-corrected chi connectivity index (χ0v) is 14.5. The zero-order chi connectivity index (χ0) is 15.2. The minimum absolute atomic E-state index is 0.332. The summed E-state index contributed by atoms with van der Waals surface area (Å²) in [7, 11) is 3.93. The van der Waals surface area contributed by atoms with E-state index >= 15 is 0 Å². The first kappa shape index (κ1) is 16.2. The fourth-order valence-corrected chi connectivity index (χ4v) is 3.46. The second-order valence-electron chi connectivity index (χ2n) is 4.95. The molecule has 0 aliphatic heterocycles. The van der Waals surface area contributed by atoms with Crippen LogP contribution in [0.25, 0.3) is 0 Å². The van der Waals surface area contributed by atoms with Gasteiger partial charge in [0.15, 0.2) is 4.34 Å². The monoisotopic (exact) mass is 323 g/mol. The minimum Gasteiger partial charge on any atom is -0.353 e. The van der Waals surface area contributed by atoms with E-state index < -0.39 is 0 Å². The predicted octanol–water partition coefficient (Wildman–Crippen LogP) is 3.21. The molecule has 2 aromatic heterocycles. The lowest BCUT2D eigenvalue weighted by atomic mass is 10.1. The Labute approximate surface area is 134 Å². The van der Waals surface area contributed by atoms with Crippen LogP contribution >= 0.6 is 23.1 Å². The van der Waals surface area contributed by atoms with E-state index in [-0.39, 0.29) is 0 Å². The van der Waals surface area contributed by atoms with Crippen LogP contribution in [-0.2, 0) is 0 Å². The maximum atomic E-state index is 4.41.